The van der Waals surface area contributed by atoms with Gasteiger partial charge in [-0.05, 0) is 61.6 Å². The summed E-state index contributed by atoms with van der Waals surface area (Å²) >= 11 is 1.09. The molecule has 0 aliphatic heterocycles. The van der Waals surface area contributed by atoms with Crippen LogP contribution in [0.25, 0.3) is 26.3 Å². The number of benzene rings is 3. The smallest absolute Gasteiger partial charge is 0.343 e. The van der Waals surface area contributed by atoms with Crippen molar-refractivity contribution in [3.8, 4) is 21.9 Å². The Hall–Kier alpha value is -4.92. The first-order valence-corrected chi connectivity index (χ1v) is 14.3. The molecule has 2 heterocycles. The Balaban J connectivity index is 1.83. The normalized spacial score (nSPS) is 11.3. The molecule has 0 radical (unpaired) electrons. The lowest BCUT2D eigenvalue weighted by Crippen LogP contribution is -2.39. The summed E-state index contributed by atoms with van der Waals surface area (Å²) in [5.41, 5.74) is 1.19. The minimum absolute atomic E-state index is 0.0870. The number of amides is 2. The molecule has 2 N–H and O–H groups in total. The maximum Gasteiger partial charge on any atom is 0.343 e. The van der Waals surface area contributed by atoms with Crippen molar-refractivity contribution in [1.82, 2.24) is 19.5 Å². The van der Waals surface area contributed by atoms with Crippen LogP contribution in [0.2, 0.25) is 0 Å². The van der Waals surface area contributed by atoms with Gasteiger partial charge < -0.3 is 15.0 Å². The molecule has 0 aliphatic carbocycles. The third kappa shape index (κ3) is 6.07. The molecular formula is C31H28F3N5O5S. The van der Waals surface area contributed by atoms with Gasteiger partial charge in [0, 0.05) is 22.7 Å². The number of nitrogens with zero attached hydrogens (tertiary/aromatic N) is 3. The third-order valence-electron chi connectivity index (χ3n) is 6.93. The minimum atomic E-state index is -0.991. The molecule has 45 heavy (non-hydrogen) atoms. The standard InChI is InChI=1S/C31H28F3N5O5S/c1-37(2)15-20-25-28(40)39(23-9-6-10-24(43-3)26(23)34)31(42)38(16-19-21(32)7-5-8-22(19)33)29(25)45-27(20)17-11-13-18(14-12-17)35-30(41)36-44-4/h5-14H,15-16H2,1-4H3,(H2,35,36,41). The summed E-state index contributed by atoms with van der Waals surface area (Å²) < 4.78 is 52.2. The maximum absolute atomic E-state index is 15.6. The van der Waals surface area contributed by atoms with Gasteiger partial charge >= 0.3 is 11.7 Å². The Bertz CT molecular complexity index is 2000. The number of hydrogen-bond acceptors (Lipinski definition) is 7. The Morgan fingerprint density at radius 3 is 2.22 bits per heavy atom. The molecule has 5 aromatic rings. The second-order valence-electron chi connectivity index (χ2n) is 10.2. The number of aromatic nitrogens is 2. The summed E-state index contributed by atoms with van der Waals surface area (Å²) in [4.78, 5) is 47.4. The van der Waals surface area contributed by atoms with Crippen molar-refractivity contribution in [2.45, 2.75) is 13.1 Å². The van der Waals surface area contributed by atoms with E-state index >= 15 is 4.39 Å². The lowest BCUT2D eigenvalue weighted by molar-refractivity contribution is 0.114. The molecule has 2 aromatic heterocycles. The molecular weight excluding hydrogens is 611 g/mol. The van der Waals surface area contributed by atoms with Gasteiger partial charge in [0.15, 0.2) is 11.6 Å². The molecule has 2 amide bonds. The number of thiophene rings is 1. The van der Waals surface area contributed by atoms with Crippen molar-refractivity contribution >= 4 is 33.3 Å². The van der Waals surface area contributed by atoms with E-state index < -0.39 is 46.8 Å². The van der Waals surface area contributed by atoms with Crippen LogP contribution >= 0.6 is 11.3 Å². The van der Waals surface area contributed by atoms with E-state index in [4.69, 9.17) is 4.74 Å². The molecule has 0 atom stereocenters. The van der Waals surface area contributed by atoms with Crippen LogP contribution in [0.3, 0.4) is 0 Å². The molecule has 0 saturated heterocycles. The van der Waals surface area contributed by atoms with Crippen LogP contribution in [-0.2, 0) is 17.9 Å². The SMILES string of the molecule is CONC(=O)Nc1ccc(-c2sc3c(c2CN(C)C)c(=O)n(-c2cccc(OC)c2F)c(=O)n3Cc2c(F)cccc2F)cc1. The van der Waals surface area contributed by atoms with Crippen molar-refractivity contribution in [1.29, 1.82) is 0 Å². The average molecular weight is 640 g/mol. The van der Waals surface area contributed by atoms with Gasteiger partial charge in [-0.15, -0.1) is 11.3 Å². The third-order valence-corrected chi connectivity index (χ3v) is 8.23. The van der Waals surface area contributed by atoms with Crippen LogP contribution in [0.4, 0.5) is 23.7 Å². The van der Waals surface area contributed by atoms with Crippen LogP contribution < -0.4 is 26.8 Å². The van der Waals surface area contributed by atoms with E-state index in [1.54, 1.807) is 38.4 Å². The zero-order chi connectivity index (χ0) is 32.4. The lowest BCUT2D eigenvalue weighted by atomic mass is 10.1. The van der Waals surface area contributed by atoms with Crippen LogP contribution in [-0.4, -0.2) is 48.4 Å². The van der Waals surface area contributed by atoms with Crippen molar-refractivity contribution in [2.75, 3.05) is 33.6 Å². The first kappa shape index (κ1) is 31.5. The van der Waals surface area contributed by atoms with Gasteiger partial charge in [-0.1, -0.05) is 24.3 Å². The molecule has 10 nitrogen and oxygen atoms in total. The van der Waals surface area contributed by atoms with Crippen molar-refractivity contribution in [3.63, 3.8) is 0 Å². The van der Waals surface area contributed by atoms with Crippen molar-refractivity contribution in [2.24, 2.45) is 0 Å². The number of rotatable bonds is 9. The number of urea groups is 1. The minimum Gasteiger partial charge on any atom is -0.494 e. The number of carbonyl (C=O) groups is 1. The highest BCUT2D eigenvalue weighted by Crippen LogP contribution is 2.38. The van der Waals surface area contributed by atoms with Gasteiger partial charge in [-0.25, -0.2) is 32.8 Å². The van der Waals surface area contributed by atoms with Gasteiger partial charge in [-0.3, -0.25) is 14.2 Å². The fourth-order valence-corrected chi connectivity index (χ4v) is 6.25. The molecule has 234 valence electrons. The number of nitrogens with one attached hydrogen (secondary N) is 2. The van der Waals surface area contributed by atoms with Gasteiger partial charge in [0.25, 0.3) is 5.56 Å². The first-order valence-electron chi connectivity index (χ1n) is 13.5. The predicted octanol–water partition coefficient (Wildman–Crippen LogP) is 5.10. The number of methoxy groups -OCH3 is 1. The summed E-state index contributed by atoms with van der Waals surface area (Å²) in [5, 5.41) is 2.69. The monoisotopic (exact) mass is 639 g/mol. The zero-order valence-electron chi connectivity index (χ0n) is 24.6. The van der Waals surface area contributed by atoms with Crippen LogP contribution in [0.1, 0.15) is 11.1 Å². The van der Waals surface area contributed by atoms with E-state index in [1.807, 2.05) is 4.90 Å². The van der Waals surface area contributed by atoms with E-state index in [9.17, 15) is 23.2 Å². The Morgan fingerprint density at radius 1 is 0.933 bits per heavy atom. The van der Waals surface area contributed by atoms with E-state index in [0.29, 0.717) is 26.3 Å². The maximum atomic E-state index is 15.6. The molecule has 0 fully saturated rings. The second kappa shape index (κ2) is 13.0. The highest BCUT2D eigenvalue weighted by molar-refractivity contribution is 7.22. The summed E-state index contributed by atoms with van der Waals surface area (Å²) in [7, 11) is 6.13. The molecule has 0 saturated carbocycles. The summed E-state index contributed by atoms with van der Waals surface area (Å²) in [5.74, 6) is -2.91. The van der Waals surface area contributed by atoms with E-state index in [2.05, 4.69) is 15.6 Å². The van der Waals surface area contributed by atoms with Gasteiger partial charge in [0.2, 0.25) is 0 Å². The number of hydrogen-bond donors (Lipinski definition) is 2. The Kier molecular flexibility index (Phi) is 9.09. The Labute approximate surface area is 258 Å². The fraction of sp³-hybridized carbons (Fsp3) is 0.194. The molecule has 0 bridgehead atoms. The Morgan fingerprint density at radius 2 is 1.60 bits per heavy atom. The molecule has 0 unspecified atom stereocenters. The number of hydroxylamine groups is 1. The molecule has 0 aliphatic rings. The lowest BCUT2D eigenvalue weighted by Gasteiger charge is -2.15. The fourth-order valence-electron chi connectivity index (χ4n) is 4.95. The summed E-state index contributed by atoms with van der Waals surface area (Å²) in [6.07, 6.45) is 0. The molecule has 5 rings (SSSR count). The number of ether oxygens (including phenoxy) is 1. The van der Waals surface area contributed by atoms with E-state index in [-0.39, 0.29) is 28.2 Å². The van der Waals surface area contributed by atoms with E-state index in [1.165, 1.54) is 38.5 Å². The van der Waals surface area contributed by atoms with Crippen LogP contribution in [0.15, 0.2) is 70.3 Å². The zero-order valence-corrected chi connectivity index (χ0v) is 25.4. The number of halogens is 3. The number of anilines is 1. The molecule has 14 heteroatoms. The van der Waals surface area contributed by atoms with Gasteiger partial charge in [0.05, 0.1) is 31.8 Å². The van der Waals surface area contributed by atoms with E-state index in [0.717, 1.165) is 28.0 Å². The number of fused-ring (bicyclic) bond motifs is 1. The van der Waals surface area contributed by atoms with Crippen molar-refractivity contribution < 1.29 is 27.5 Å². The highest BCUT2D eigenvalue weighted by atomic mass is 32.1. The largest absolute Gasteiger partial charge is 0.494 e. The van der Waals surface area contributed by atoms with Gasteiger partial charge in [-0.2, -0.15) is 0 Å². The number of carbonyl (C=O) groups excluding carboxylic acids is 1. The predicted molar refractivity (Wildman–Crippen MR) is 166 cm³/mol. The summed E-state index contributed by atoms with van der Waals surface area (Å²) in [6, 6.07) is 13.5. The van der Waals surface area contributed by atoms with Crippen LogP contribution in [0.5, 0.6) is 5.75 Å². The van der Waals surface area contributed by atoms with Gasteiger partial charge in [0.1, 0.15) is 16.5 Å². The topological polar surface area (TPSA) is 107 Å². The second-order valence-corrected chi connectivity index (χ2v) is 11.2. The first-order chi connectivity index (χ1) is 21.5. The average Bonchev–Trinajstić information content (AvgIpc) is 3.36. The quantitative estimate of drug-likeness (QED) is 0.218. The molecule has 3 aromatic carbocycles. The summed E-state index contributed by atoms with van der Waals surface area (Å²) in [6.45, 7) is -0.341. The molecule has 0 spiro atoms. The van der Waals surface area contributed by atoms with Crippen LogP contribution in [0, 0.1) is 17.5 Å². The highest BCUT2D eigenvalue weighted by Gasteiger charge is 2.26. The van der Waals surface area contributed by atoms with Crippen molar-refractivity contribution in [3.05, 3.63) is 110 Å².